The zero-order valence-electron chi connectivity index (χ0n) is 10.4. The molecule has 0 aliphatic carbocycles. The van der Waals surface area contributed by atoms with Gasteiger partial charge in [0.25, 0.3) is 0 Å². The third-order valence-corrected chi connectivity index (χ3v) is 3.95. The second-order valence-electron chi connectivity index (χ2n) is 4.68. The van der Waals surface area contributed by atoms with Gasteiger partial charge in [0, 0.05) is 23.7 Å². The highest BCUT2D eigenvalue weighted by Gasteiger charge is 2.21. The summed E-state index contributed by atoms with van der Waals surface area (Å²) in [6.45, 7) is 3.87. The highest BCUT2D eigenvalue weighted by atomic mass is 79.9. The molecule has 0 saturated carbocycles. The molecule has 1 fully saturated rings. The number of nitrogens with one attached hydrogen (secondary N) is 1. The summed E-state index contributed by atoms with van der Waals surface area (Å²) < 4.78 is 6.37. The van der Waals surface area contributed by atoms with Crippen molar-refractivity contribution >= 4 is 21.6 Å². The normalized spacial score (nSPS) is 18.1. The first-order valence-electron chi connectivity index (χ1n) is 6.24. The molecule has 0 aromatic heterocycles. The molecule has 3 nitrogen and oxygen atoms in total. The van der Waals surface area contributed by atoms with Crippen LogP contribution in [-0.4, -0.2) is 19.3 Å². The van der Waals surface area contributed by atoms with Crippen LogP contribution in [0.5, 0.6) is 0 Å². The van der Waals surface area contributed by atoms with Crippen molar-refractivity contribution in [2.24, 2.45) is 5.92 Å². The molecule has 0 bridgehead atoms. The Labute approximate surface area is 116 Å². The summed E-state index contributed by atoms with van der Waals surface area (Å²) in [7, 11) is 0. The van der Waals surface area contributed by atoms with Crippen LogP contribution in [0.4, 0.5) is 5.69 Å². The van der Waals surface area contributed by atoms with E-state index < -0.39 is 0 Å². The number of nitriles is 1. The molecule has 1 unspecified atom stereocenters. The Bertz CT molecular complexity index is 450. The van der Waals surface area contributed by atoms with Crippen LogP contribution in [0, 0.1) is 17.2 Å². The minimum atomic E-state index is 0.357. The van der Waals surface area contributed by atoms with Crippen LogP contribution in [0.3, 0.4) is 0 Å². The summed E-state index contributed by atoms with van der Waals surface area (Å²) in [5.74, 6) is 0.615. The monoisotopic (exact) mass is 308 g/mol. The number of anilines is 1. The van der Waals surface area contributed by atoms with E-state index in [0.717, 1.165) is 36.2 Å². The SMILES string of the molecule is CC(Nc1cc(Br)ccc1C#N)C1CCOCC1. The number of ether oxygens (including phenoxy) is 1. The van der Waals surface area contributed by atoms with Crippen molar-refractivity contribution in [3.63, 3.8) is 0 Å². The lowest BCUT2D eigenvalue weighted by Crippen LogP contribution is -2.31. The van der Waals surface area contributed by atoms with Crippen molar-refractivity contribution in [3.8, 4) is 6.07 Å². The quantitative estimate of drug-likeness (QED) is 0.929. The third kappa shape index (κ3) is 3.24. The first kappa shape index (κ1) is 13.4. The fraction of sp³-hybridized carbons (Fsp3) is 0.500. The van der Waals surface area contributed by atoms with Crippen LogP contribution >= 0.6 is 15.9 Å². The maximum Gasteiger partial charge on any atom is 0.101 e. The molecule has 4 heteroatoms. The van der Waals surface area contributed by atoms with Gasteiger partial charge >= 0.3 is 0 Å². The van der Waals surface area contributed by atoms with Crippen LogP contribution in [0.15, 0.2) is 22.7 Å². The Morgan fingerprint density at radius 3 is 2.83 bits per heavy atom. The first-order chi connectivity index (χ1) is 8.70. The van der Waals surface area contributed by atoms with Crippen molar-refractivity contribution in [2.75, 3.05) is 18.5 Å². The van der Waals surface area contributed by atoms with Crippen LogP contribution in [0.25, 0.3) is 0 Å². The summed E-state index contributed by atoms with van der Waals surface area (Å²) in [6.07, 6.45) is 2.17. The third-order valence-electron chi connectivity index (χ3n) is 3.46. The van der Waals surface area contributed by atoms with Crippen molar-refractivity contribution in [2.45, 2.75) is 25.8 Å². The van der Waals surface area contributed by atoms with Gasteiger partial charge in [0.15, 0.2) is 0 Å². The molecule has 96 valence electrons. The largest absolute Gasteiger partial charge is 0.381 e. The van der Waals surface area contributed by atoms with E-state index in [-0.39, 0.29) is 0 Å². The predicted molar refractivity (Wildman–Crippen MR) is 75.5 cm³/mol. The van der Waals surface area contributed by atoms with Gasteiger partial charge in [-0.15, -0.1) is 0 Å². The minimum absolute atomic E-state index is 0.357. The molecular formula is C14H17BrN2O. The highest BCUT2D eigenvalue weighted by molar-refractivity contribution is 9.10. The van der Waals surface area contributed by atoms with E-state index in [1.807, 2.05) is 18.2 Å². The predicted octanol–water partition coefficient (Wildman–Crippen LogP) is 3.55. The molecule has 2 rings (SSSR count). The highest BCUT2D eigenvalue weighted by Crippen LogP contribution is 2.25. The zero-order valence-corrected chi connectivity index (χ0v) is 12.0. The Morgan fingerprint density at radius 1 is 1.44 bits per heavy atom. The topological polar surface area (TPSA) is 45.0 Å². The van der Waals surface area contributed by atoms with E-state index in [1.165, 1.54) is 0 Å². The first-order valence-corrected chi connectivity index (χ1v) is 7.04. The molecule has 0 amide bonds. The Morgan fingerprint density at radius 2 is 2.17 bits per heavy atom. The van der Waals surface area contributed by atoms with E-state index >= 15 is 0 Å². The summed E-state index contributed by atoms with van der Waals surface area (Å²) in [5, 5.41) is 12.6. The van der Waals surface area contributed by atoms with Crippen molar-refractivity contribution < 1.29 is 4.74 Å². The van der Waals surface area contributed by atoms with Gasteiger partial charge in [0.2, 0.25) is 0 Å². The summed E-state index contributed by atoms with van der Waals surface area (Å²) in [5.41, 5.74) is 1.60. The van der Waals surface area contributed by atoms with Crippen LogP contribution in [0.2, 0.25) is 0 Å². The van der Waals surface area contributed by atoms with Gasteiger partial charge < -0.3 is 10.1 Å². The number of benzene rings is 1. The molecule has 1 atom stereocenters. The zero-order chi connectivity index (χ0) is 13.0. The Balaban J connectivity index is 2.08. The number of nitrogens with zero attached hydrogens (tertiary/aromatic N) is 1. The lowest BCUT2D eigenvalue weighted by Gasteiger charge is -2.29. The van der Waals surface area contributed by atoms with Gasteiger partial charge in [-0.3, -0.25) is 0 Å². The molecular weight excluding hydrogens is 292 g/mol. The number of halogens is 1. The average Bonchev–Trinajstić information content (AvgIpc) is 2.40. The Kier molecular flexibility index (Phi) is 4.62. The molecule has 0 radical (unpaired) electrons. The van der Waals surface area contributed by atoms with Gasteiger partial charge in [-0.25, -0.2) is 0 Å². The molecule has 1 aliphatic rings. The fourth-order valence-electron chi connectivity index (χ4n) is 2.31. The average molecular weight is 309 g/mol. The summed E-state index contributed by atoms with van der Waals surface area (Å²) in [6, 6.07) is 8.27. The van der Waals surface area contributed by atoms with E-state index in [1.54, 1.807) is 0 Å². The van der Waals surface area contributed by atoms with Crippen LogP contribution in [-0.2, 0) is 4.74 Å². The number of rotatable bonds is 3. The smallest absolute Gasteiger partial charge is 0.101 e. The van der Waals surface area contributed by atoms with Gasteiger partial charge in [-0.1, -0.05) is 15.9 Å². The van der Waals surface area contributed by atoms with E-state index in [4.69, 9.17) is 10.00 Å². The van der Waals surface area contributed by atoms with E-state index in [0.29, 0.717) is 17.5 Å². The number of hydrogen-bond donors (Lipinski definition) is 1. The van der Waals surface area contributed by atoms with Crippen molar-refractivity contribution in [1.29, 1.82) is 5.26 Å². The van der Waals surface area contributed by atoms with Crippen LogP contribution in [0.1, 0.15) is 25.3 Å². The number of hydrogen-bond acceptors (Lipinski definition) is 3. The molecule has 18 heavy (non-hydrogen) atoms. The molecule has 1 aliphatic heterocycles. The molecule has 1 aromatic carbocycles. The molecule has 1 heterocycles. The lowest BCUT2D eigenvalue weighted by molar-refractivity contribution is 0.0622. The second-order valence-corrected chi connectivity index (χ2v) is 5.60. The molecule has 1 aromatic rings. The van der Waals surface area contributed by atoms with Crippen molar-refractivity contribution in [3.05, 3.63) is 28.2 Å². The molecule has 0 spiro atoms. The summed E-state index contributed by atoms with van der Waals surface area (Å²) >= 11 is 3.44. The van der Waals surface area contributed by atoms with Gasteiger partial charge in [0.05, 0.1) is 11.3 Å². The standard InChI is InChI=1S/C14H17BrN2O/c1-10(11-4-6-18-7-5-11)17-14-8-13(15)3-2-12(14)9-16/h2-3,8,10-11,17H,4-7H2,1H3. The summed E-state index contributed by atoms with van der Waals surface area (Å²) in [4.78, 5) is 0. The lowest BCUT2D eigenvalue weighted by atomic mass is 9.92. The fourth-order valence-corrected chi connectivity index (χ4v) is 2.67. The van der Waals surface area contributed by atoms with Crippen molar-refractivity contribution in [1.82, 2.24) is 0 Å². The van der Waals surface area contributed by atoms with Gasteiger partial charge in [-0.2, -0.15) is 5.26 Å². The second kappa shape index (κ2) is 6.21. The Hall–Kier alpha value is -1.05. The molecule has 1 saturated heterocycles. The maximum atomic E-state index is 9.11. The van der Waals surface area contributed by atoms with Crippen LogP contribution < -0.4 is 5.32 Å². The van der Waals surface area contributed by atoms with Gasteiger partial charge in [-0.05, 0) is 43.9 Å². The maximum absolute atomic E-state index is 9.11. The molecule has 1 N–H and O–H groups in total. The van der Waals surface area contributed by atoms with E-state index in [2.05, 4.69) is 34.2 Å². The van der Waals surface area contributed by atoms with E-state index in [9.17, 15) is 0 Å². The van der Waals surface area contributed by atoms with Gasteiger partial charge in [0.1, 0.15) is 6.07 Å². The minimum Gasteiger partial charge on any atom is -0.381 e.